The number of allylic oxidation sites excluding steroid dienone is 1. The van der Waals surface area contributed by atoms with E-state index in [1.807, 2.05) is 6.08 Å². The topological polar surface area (TPSA) is 37.3 Å². The molecule has 1 rings (SSSR count). The van der Waals surface area contributed by atoms with Crippen molar-refractivity contribution in [3.63, 3.8) is 0 Å². The van der Waals surface area contributed by atoms with Crippen LogP contribution < -0.4 is 0 Å². The van der Waals surface area contributed by atoms with Crippen LogP contribution in [0.15, 0.2) is 11.6 Å². The minimum Gasteiger partial charge on any atom is -0.478 e. The SMILES string of the molecule is O=C(O)C1=CCCCCCCC1. The van der Waals surface area contributed by atoms with Crippen LogP contribution in [0, 0.1) is 0 Å². The third-order valence-corrected chi connectivity index (χ3v) is 2.32. The molecule has 0 heterocycles. The third kappa shape index (κ3) is 3.07. The second kappa shape index (κ2) is 4.96. The first-order valence-corrected chi connectivity index (χ1v) is 4.73. The van der Waals surface area contributed by atoms with Crippen LogP contribution in [0.3, 0.4) is 0 Å². The Bertz CT molecular complexity index is 182. The van der Waals surface area contributed by atoms with Crippen LogP contribution in [-0.2, 0) is 4.79 Å². The van der Waals surface area contributed by atoms with E-state index in [0.29, 0.717) is 5.57 Å². The van der Waals surface area contributed by atoms with Crippen molar-refractivity contribution in [2.45, 2.75) is 44.9 Å². The lowest BCUT2D eigenvalue weighted by Gasteiger charge is -1.99. The van der Waals surface area contributed by atoms with Gasteiger partial charge < -0.3 is 5.11 Å². The molecule has 0 radical (unpaired) electrons. The number of aliphatic carboxylic acids is 1. The van der Waals surface area contributed by atoms with Crippen LogP contribution in [0.1, 0.15) is 44.9 Å². The Balaban J connectivity index is 2.49. The number of rotatable bonds is 1. The van der Waals surface area contributed by atoms with Crippen molar-refractivity contribution in [1.29, 1.82) is 0 Å². The van der Waals surface area contributed by atoms with Gasteiger partial charge in [-0.05, 0) is 25.7 Å². The first-order chi connectivity index (χ1) is 5.80. The summed E-state index contributed by atoms with van der Waals surface area (Å²) in [5, 5.41) is 8.78. The van der Waals surface area contributed by atoms with Crippen LogP contribution in [-0.4, -0.2) is 11.1 Å². The van der Waals surface area contributed by atoms with E-state index < -0.39 is 5.97 Å². The summed E-state index contributed by atoms with van der Waals surface area (Å²) >= 11 is 0. The molecule has 2 nitrogen and oxygen atoms in total. The van der Waals surface area contributed by atoms with Gasteiger partial charge in [-0.2, -0.15) is 0 Å². The van der Waals surface area contributed by atoms with Crippen LogP contribution in [0.25, 0.3) is 0 Å². The van der Waals surface area contributed by atoms with Gasteiger partial charge in [0.15, 0.2) is 0 Å². The lowest BCUT2D eigenvalue weighted by atomic mass is 10.1. The van der Waals surface area contributed by atoms with Gasteiger partial charge in [0.2, 0.25) is 0 Å². The molecule has 0 amide bonds. The fourth-order valence-corrected chi connectivity index (χ4v) is 1.56. The van der Waals surface area contributed by atoms with E-state index in [1.54, 1.807) is 0 Å². The van der Waals surface area contributed by atoms with E-state index in [4.69, 9.17) is 5.11 Å². The zero-order chi connectivity index (χ0) is 8.81. The maximum atomic E-state index is 10.7. The molecule has 1 aliphatic rings. The van der Waals surface area contributed by atoms with E-state index >= 15 is 0 Å². The molecule has 0 aliphatic heterocycles. The van der Waals surface area contributed by atoms with Gasteiger partial charge in [-0.25, -0.2) is 4.79 Å². The molecule has 0 atom stereocenters. The van der Waals surface area contributed by atoms with Crippen molar-refractivity contribution in [1.82, 2.24) is 0 Å². The second-order valence-corrected chi connectivity index (χ2v) is 3.34. The van der Waals surface area contributed by atoms with Crippen molar-refractivity contribution < 1.29 is 9.90 Å². The standard InChI is InChI=1S/C10H16O2/c11-10(12)9-7-5-3-1-2-4-6-8-9/h7H,1-6,8H2,(H,11,12). The summed E-state index contributed by atoms with van der Waals surface area (Å²) in [6, 6.07) is 0. The largest absolute Gasteiger partial charge is 0.478 e. The smallest absolute Gasteiger partial charge is 0.331 e. The van der Waals surface area contributed by atoms with Crippen LogP contribution in [0.5, 0.6) is 0 Å². The maximum Gasteiger partial charge on any atom is 0.331 e. The Morgan fingerprint density at radius 3 is 2.58 bits per heavy atom. The number of carboxylic acids is 1. The number of carbonyl (C=O) groups is 1. The average Bonchev–Trinajstić information content (AvgIpc) is 2.15. The number of hydrogen-bond acceptors (Lipinski definition) is 1. The Morgan fingerprint density at radius 1 is 1.17 bits per heavy atom. The minimum absolute atomic E-state index is 0.622. The van der Waals surface area contributed by atoms with Crippen LogP contribution >= 0.6 is 0 Å². The average molecular weight is 168 g/mol. The second-order valence-electron chi connectivity index (χ2n) is 3.34. The Labute approximate surface area is 73.3 Å². The van der Waals surface area contributed by atoms with Gasteiger partial charge in [-0.1, -0.05) is 25.3 Å². The summed E-state index contributed by atoms with van der Waals surface area (Å²) in [4.78, 5) is 10.7. The van der Waals surface area contributed by atoms with Crippen molar-refractivity contribution >= 4 is 5.97 Å². The molecule has 0 aromatic carbocycles. The van der Waals surface area contributed by atoms with Crippen LogP contribution in [0.4, 0.5) is 0 Å². The van der Waals surface area contributed by atoms with Crippen molar-refractivity contribution in [3.8, 4) is 0 Å². The molecular formula is C10H16O2. The van der Waals surface area contributed by atoms with Gasteiger partial charge in [-0.15, -0.1) is 0 Å². The quantitative estimate of drug-likeness (QED) is 0.653. The van der Waals surface area contributed by atoms with Gasteiger partial charge in [0.1, 0.15) is 0 Å². The summed E-state index contributed by atoms with van der Waals surface area (Å²) in [6.45, 7) is 0. The highest BCUT2D eigenvalue weighted by molar-refractivity contribution is 5.86. The fraction of sp³-hybridized carbons (Fsp3) is 0.700. The highest BCUT2D eigenvalue weighted by Crippen LogP contribution is 2.16. The van der Waals surface area contributed by atoms with Gasteiger partial charge in [0.05, 0.1) is 0 Å². The zero-order valence-corrected chi connectivity index (χ0v) is 7.38. The van der Waals surface area contributed by atoms with E-state index in [2.05, 4.69) is 0 Å². The normalized spacial score (nSPS) is 20.2. The van der Waals surface area contributed by atoms with Crippen molar-refractivity contribution in [2.24, 2.45) is 0 Å². The molecule has 1 N–H and O–H groups in total. The summed E-state index contributed by atoms with van der Waals surface area (Å²) < 4.78 is 0. The molecule has 0 unspecified atom stereocenters. The van der Waals surface area contributed by atoms with E-state index in [1.165, 1.54) is 19.3 Å². The molecule has 1 aliphatic carbocycles. The van der Waals surface area contributed by atoms with E-state index in [0.717, 1.165) is 25.7 Å². The maximum absolute atomic E-state index is 10.7. The Morgan fingerprint density at radius 2 is 1.83 bits per heavy atom. The van der Waals surface area contributed by atoms with Gasteiger partial charge in [-0.3, -0.25) is 0 Å². The predicted octanol–water partition coefficient (Wildman–Crippen LogP) is 2.74. The van der Waals surface area contributed by atoms with E-state index in [-0.39, 0.29) is 0 Å². The first kappa shape index (κ1) is 9.30. The first-order valence-electron chi connectivity index (χ1n) is 4.73. The highest BCUT2D eigenvalue weighted by atomic mass is 16.4. The Kier molecular flexibility index (Phi) is 3.85. The van der Waals surface area contributed by atoms with Gasteiger partial charge in [0.25, 0.3) is 0 Å². The van der Waals surface area contributed by atoms with Crippen molar-refractivity contribution in [2.75, 3.05) is 0 Å². The molecule has 0 bridgehead atoms. The molecule has 0 fully saturated rings. The van der Waals surface area contributed by atoms with E-state index in [9.17, 15) is 4.79 Å². The molecule has 0 saturated heterocycles. The fourth-order valence-electron chi connectivity index (χ4n) is 1.56. The highest BCUT2D eigenvalue weighted by Gasteiger charge is 2.07. The lowest BCUT2D eigenvalue weighted by molar-refractivity contribution is -0.132. The number of hydrogen-bond donors (Lipinski definition) is 1. The number of carboxylic acid groups (broad SMARTS) is 1. The molecule has 0 saturated carbocycles. The minimum atomic E-state index is -0.725. The summed E-state index contributed by atoms with van der Waals surface area (Å²) in [7, 11) is 0. The summed E-state index contributed by atoms with van der Waals surface area (Å²) in [6.07, 6.45) is 9.49. The molecule has 68 valence electrons. The predicted molar refractivity (Wildman–Crippen MR) is 48.0 cm³/mol. The molecule has 0 spiro atoms. The van der Waals surface area contributed by atoms with Crippen LogP contribution in [0.2, 0.25) is 0 Å². The molecular weight excluding hydrogens is 152 g/mol. The third-order valence-electron chi connectivity index (χ3n) is 2.32. The molecule has 0 aromatic rings. The lowest BCUT2D eigenvalue weighted by Crippen LogP contribution is -2.00. The zero-order valence-electron chi connectivity index (χ0n) is 7.38. The summed E-state index contributed by atoms with van der Waals surface area (Å²) in [5.41, 5.74) is 0.622. The Hall–Kier alpha value is -0.790. The summed E-state index contributed by atoms with van der Waals surface area (Å²) in [5.74, 6) is -0.725. The van der Waals surface area contributed by atoms with Gasteiger partial charge in [0, 0.05) is 5.57 Å². The molecule has 0 aromatic heterocycles. The van der Waals surface area contributed by atoms with Crippen molar-refractivity contribution in [3.05, 3.63) is 11.6 Å². The molecule has 2 heteroatoms. The monoisotopic (exact) mass is 168 g/mol. The molecule has 12 heavy (non-hydrogen) atoms. The van der Waals surface area contributed by atoms with Gasteiger partial charge >= 0.3 is 5.97 Å².